The Morgan fingerprint density at radius 1 is 1.75 bits per heavy atom. The zero-order chi connectivity index (χ0) is 6.41. The van der Waals surface area contributed by atoms with Crippen LogP contribution in [0.25, 0.3) is 0 Å². The minimum absolute atomic E-state index is 1.09. The van der Waals surface area contributed by atoms with Gasteiger partial charge in [0.15, 0.2) is 0 Å². The third-order valence-corrected chi connectivity index (χ3v) is 1.48. The van der Waals surface area contributed by atoms with Crippen LogP contribution in [0, 0.1) is 0 Å². The summed E-state index contributed by atoms with van der Waals surface area (Å²) >= 11 is 1.73. The van der Waals surface area contributed by atoms with Crippen molar-refractivity contribution in [2.75, 3.05) is 6.26 Å². The molecule has 0 fully saturated rings. The van der Waals surface area contributed by atoms with Gasteiger partial charge in [-0.05, 0) is 23.7 Å². The summed E-state index contributed by atoms with van der Waals surface area (Å²) in [6, 6.07) is 0. The number of hydrogen-bond donors (Lipinski definition) is 0. The van der Waals surface area contributed by atoms with Gasteiger partial charge in [0.05, 0.1) is 0 Å². The summed E-state index contributed by atoms with van der Waals surface area (Å²) in [7, 11) is 0. The molecule has 0 aliphatic rings. The Balaban J connectivity index is 3.66. The second kappa shape index (κ2) is 4.98. The highest BCUT2D eigenvalue weighted by atomic mass is 32.2. The number of allylic oxidation sites excluding steroid dienone is 2. The molecule has 0 amide bonds. The average molecular weight is 128 g/mol. The van der Waals surface area contributed by atoms with E-state index in [9.17, 15) is 0 Å². The van der Waals surface area contributed by atoms with E-state index in [2.05, 4.69) is 25.2 Å². The molecule has 0 aliphatic carbocycles. The van der Waals surface area contributed by atoms with E-state index in [-0.39, 0.29) is 0 Å². The lowest BCUT2D eigenvalue weighted by Crippen LogP contribution is -1.68. The molecule has 0 radical (unpaired) electrons. The monoisotopic (exact) mass is 128 g/mol. The molecule has 0 N–H and O–H groups in total. The first-order chi connectivity index (χ1) is 3.85. The smallest absolute Gasteiger partial charge is 0.0142 e. The predicted octanol–water partition coefficient (Wildman–Crippen LogP) is 2.83. The molecule has 0 aromatic rings. The first-order valence-electron chi connectivity index (χ1n) is 2.69. The molecule has 0 nitrogen and oxygen atoms in total. The fourth-order valence-electron chi connectivity index (χ4n) is 0.427. The molecule has 0 spiro atoms. The molecule has 0 unspecified atom stereocenters. The van der Waals surface area contributed by atoms with Gasteiger partial charge in [-0.1, -0.05) is 19.6 Å². The fraction of sp³-hybridized carbons (Fsp3) is 0.429. The van der Waals surface area contributed by atoms with Crippen LogP contribution in [0.15, 0.2) is 23.6 Å². The third-order valence-electron chi connectivity index (χ3n) is 0.940. The van der Waals surface area contributed by atoms with Crippen LogP contribution in [0.2, 0.25) is 0 Å². The Labute approximate surface area is 55.7 Å². The van der Waals surface area contributed by atoms with Crippen molar-refractivity contribution >= 4 is 11.8 Å². The molecule has 0 bridgehead atoms. The number of hydrogen-bond acceptors (Lipinski definition) is 1. The van der Waals surface area contributed by atoms with Gasteiger partial charge in [-0.25, -0.2) is 0 Å². The molecule has 0 saturated heterocycles. The van der Waals surface area contributed by atoms with Gasteiger partial charge in [0.1, 0.15) is 0 Å². The number of thioether (sulfide) groups is 1. The normalized spacial score (nSPS) is 11.5. The van der Waals surface area contributed by atoms with E-state index in [1.54, 1.807) is 11.8 Å². The molecule has 0 atom stereocenters. The van der Waals surface area contributed by atoms with E-state index in [0.29, 0.717) is 0 Å². The standard InChI is InChI=1S/C7H12S/c1-4-7(5-2)6-8-3/h4,6H,1,5H2,2-3H3. The van der Waals surface area contributed by atoms with Crippen LogP contribution in [0.5, 0.6) is 0 Å². The molecule has 0 aliphatic heterocycles. The quantitative estimate of drug-likeness (QED) is 0.527. The molecule has 46 valence electrons. The zero-order valence-corrected chi connectivity index (χ0v) is 6.29. The summed E-state index contributed by atoms with van der Waals surface area (Å²) in [6.07, 6.45) is 5.04. The van der Waals surface area contributed by atoms with Crippen molar-refractivity contribution in [1.82, 2.24) is 0 Å². The Bertz CT molecular complexity index is 92.6. The van der Waals surface area contributed by atoms with Crippen LogP contribution in [0.4, 0.5) is 0 Å². The zero-order valence-electron chi connectivity index (χ0n) is 5.48. The topological polar surface area (TPSA) is 0 Å². The maximum absolute atomic E-state index is 3.67. The van der Waals surface area contributed by atoms with Crippen molar-refractivity contribution in [3.05, 3.63) is 23.6 Å². The van der Waals surface area contributed by atoms with E-state index in [4.69, 9.17) is 0 Å². The van der Waals surface area contributed by atoms with E-state index < -0.39 is 0 Å². The summed E-state index contributed by atoms with van der Waals surface area (Å²) in [5.41, 5.74) is 1.32. The lowest BCUT2D eigenvalue weighted by molar-refractivity contribution is 1.16. The van der Waals surface area contributed by atoms with Gasteiger partial charge in [-0.2, -0.15) is 0 Å². The summed E-state index contributed by atoms with van der Waals surface area (Å²) in [5, 5.41) is 2.12. The van der Waals surface area contributed by atoms with Crippen LogP contribution < -0.4 is 0 Å². The molecule has 0 heterocycles. The SMILES string of the molecule is C=CC(=CSC)CC. The van der Waals surface area contributed by atoms with Crippen molar-refractivity contribution in [3.8, 4) is 0 Å². The second-order valence-corrected chi connectivity index (χ2v) is 2.19. The number of rotatable bonds is 3. The van der Waals surface area contributed by atoms with E-state index in [0.717, 1.165) is 6.42 Å². The molecule has 0 saturated carbocycles. The second-order valence-electron chi connectivity index (χ2n) is 1.49. The van der Waals surface area contributed by atoms with E-state index in [1.165, 1.54) is 5.57 Å². The minimum atomic E-state index is 1.09. The molecular weight excluding hydrogens is 116 g/mol. The maximum Gasteiger partial charge on any atom is -0.0142 e. The predicted molar refractivity (Wildman–Crippen MR) is 42.1 cm³/mol. The molecule has 8 heavy (non-hydrogen) atoms. The van der Waals surface area contributed by atoms with Crippen molar-refractivity contribution in [2.45, 2.75) is 13.3 Å². The van der Waals surface area contributed by atoms with Gasteiger partial charge in [0.2, 0.25) is 0 Å². The third kappa shape index (κ3) is 2.92. The molecule has 0 aromatic carbocycles. The van der Waals surface area contributed by atoms with E-state index >= 15 is 0 Å². The van der Waals surface area contributed by atoms with Crippen molar-refractivity contribution in [3.63, 3.8) is 0 Å². The Hall–Kier alpha value is -0.170. The highest BCUT2D eigenvalue weighted by molar-refractivity contribution is 8.01. The summed E-state index contributed by atoms with van der Waals surface area (Å²) < 4.78 is 0. The van der Waals surface area contributed by atoms with Crippen LogP contribution in [0.3, 0.4) is 0 Å². The molecular formula is C7H12S. The Kier molecular flexibility index (Phi) is 4.87. The highest BCUT2D eigenvalue weighted by Crippen LogP contribution is 2.06. The van der Waals surface area contributed by atoms with Gasteiger partial charge >= 0.3 is 0 Å². The summed E-state index contributed by atoms with van der Waals surface area (Å²) in [6.45, 7) is 5.80. The first kappa shape index (κ1) is 7.83. The highest BCUT2D eigenvalue weighted by Gasteiger charge is 1.81. The summed E-state index contributed by atoms with van der Waals surface area (Å²) in [4.78, 5) is 0. The van der Waals surface area contributed by atoms with Gasteiger partial charge in [0, 0.05) is 0 Å². The van der Waals surface area contributed by atoms with Crippen LogP contribution >= 0.6 is 11.8 Å². The van der Waals surface area contributed by atoms with Crippen molar-refractivity contribution < 1.29 is 0 Å². The lowest BCUT2D eigenvalue weighted by Gasteiger charge is -1.90. The van der Waals surface area contributed by atoms with Crippen molar-refractivity contribution in [2.24, 2.45) is 0 Å². The Morgan fingerprint density at radius 2 is 2.38 bits per heavy atom. The molecule has 0 aromatic heterocycles. The Morgan fingerprint density at radius 3 is 2.50 bits per heavy atom. The fourth-order valence-corrected chi connectivity index (χ4v) is 0.993. The van der Waals surface area contributed by atoms with Crippen molar-refractivity contribution in [1.29, 1.82) is 0 Å². The molecule has 0 rings (SSSR count). The summed E-state index contributed by atoms with van der Waals surface area (Å²) in [5.74, 6) is 0. The van der Waals surface area contributed by atoms with Gasteiger partial charge < -0.3 is 0 Å². The average Bonchev–Trinajstić information content (AvgIpc) is 1.83. The van der Waals surface area contributed by atoms with Gasteiger partial charge in [-0.3, -0.25) is 0 Å². The maximum atomic E-state index is 3.67. The van der Waals surface area contributed by atoms with Gasteiger partial charge in [-0.15, -0.1) is 11.8 Å². The molecule has 1 heteroatoms. The van der Waals surface area contributed by atoms with Crippen LogP contribution in [-0.4, -0.2) is 6.26 Å². The largest absolute Gasteiger partial charge is 0.137 e. The minimum Gasteiger partial charge on any atom is -0.137 e. The lowest BCUT2D eigenvalue weighted by atomic mass is 10.2. The van der Waals surface area contributed by atoms with E-state index in [1.807, 2.05) is 6.08 Å². The first-order valence-corrected chi connectivity index (χ1v) is 3.98. The van der Waals surface area contributed by atoms with Gasteiger partial charge in [0.25, 0.3) is 0 Å². The van der Waals surface area contributed by atoms with Crippen LogP contribution in [0.1, 0.15) is 13.3 Å². The van der Waals surface area contributed by atoms with Crippen LogP contribution in [-0.2, 0) is 0 Å².